The van der Waals surface area contributed by atoms with Crippen LogP contribution in [0.2, 0.25) is 0 Å². The summed E-state index contributed by atoms with van der Waals surface area (Å²) in [5, 5.41) is 3.22. The Bertz CT molecular complexity index is 894. The summed E-state index contributed by atoms with van der Waals surface area (Å²) in [4.78, 5) is 24.9. The Kier molecular flexibility index (Phi) is 7.74. The third-order valence-corrected chi connectivity index (χ3v) is 6.90. The van der Waals surface area contributed by atoms with Gasteiger partial charge >= 0.3 is 0 Å². The summed E-state index contributed by atoms with van der Waals surface area (Å²) in [6, 6.07) is 10.0. The van der Waals surface area contributed by atoms with Crippen LogP contribution in [0, 0.1) is 11.8 Å². The second kappa shape index (κ2) is 10.9. The molecule has 6 heteroatoms. The first kappa shape index (κ1) is 22.7. The molecule has 0 spiro atoms. The summed E-state index contributed by atoms with van der Waals surface area (Å²) in [6.45, 7) is 5.69. The molecule has 1 atom stereocenters. The van der Waals surface area contributed by atoms with Crippen LogP contribution in [-0.2, 0) is 17.6 Å². The fraction of sp³-hybridized carbons (Fsp3) is 0.577. The van der Waals surface area contributed by atoms with Crippen molar-refractivity contribution >= 4 is 5.91 Å². The number of carbonyl (C=O) groups excluding carboxylic acids is 1. The van der Waals surface area contributed by atoms with Gasteiger partial charge in [-0.1, -0.05) is 30.3 Å². The van der Waals surface area contributed by atoms with Gasteiger partial charge in [0.25, 0.3) is 0 Å². The van der Waals surface area contributed by atoms with E-state index in [1.165, 1.54) is 25.9 Å². The maximum Gasteiger partial charge on any atom is 0.223 e. The molecule has 2 aromatic rings. The Labute approximate surface area is 191 Å². The number of hydrogen-bond donors (Lipinski definition) is 1. The lowest BCUT2D eigenvalue weighted by molar-refractivity contribution is -0.125. The van der Waals surface area contributed by atoms with Gasteiger partial charge in [0.2, 0.25) is 11.8 Å². The van der Waals surface area contributed by atoms with Gasteiger partial charge < -0.3 is 15.0 Å². The lowest BCUT2D eigenvalue weighted by Crippen LogP contribution is -2.35. The van der Waals surface area contributed by atoms with Gasteiger partial charge in [0.1, 0.15) is 0 Å². The first-order chi connectivity index (χ1) is 15.6. The van der Waals surface area contributed by atoms with Crippen LogP contribution in [0.5, 0.6) is 5.88 Å². The van der Waals surface area contributed by atoms with E-state index in [0.29, 0.717) is 18.3 Å². The molecule has 2 aliphatic rings. The molecule has 1 unspecified atom stereocenters. The molecule has 1 N–H and O–H groups in total. The van der Waals surface area contributed by atoms with E-state index in [9.17, 15) is 4.79 Å². The summed E-state index contributed by atoms with van der Waals surface area (Å²) in [6.07, 6.45) is 6.79. The average molecular weight is 437 g/mol. The van der Waals surface area contributed by atoms with Gasteiger partial charge in [0.05, 0.1) is 12.3 Å². The molecule has 0 bridgehead atoms. The highest BCUT2D eigenvalue weighted by molar-refractivity contribution is 5.78. The number of benzene rings is 1. The normalized spacial score (nSPS) is 19.8. The molecule has 1 aliphatic carbocycles. The fourth-order valence-corrected chi connectivity index (χ4v) is 4.87. The van der Waals surface area contributed by atoms with Crippen molar-refractivity contribution in [3.63, 3.8) is 0 Å². The summed E-state index contributed by atoms with van der Waals surface area (Å²) in [5.74, 6) is 2.34. The zero-order chi connectivity index (χ0) is 22.3. The molecule has 1 saturated heterocycles. The second-order valence-electron chi connectivity index (χ2n) is 9.18. The Balaban J connectivity index is 1.38. The van der Waals surface area contributed by atoms with Gasteiger partial charge in [-0.05, 0) is 77.9 Å². The predicted octanol–water partition coefficient (Wildman–Crippen LogP) is 3.89. The minimum atomic E-state index is 0.0244. The predicted molar refractivity (Wildman–Crippen MR) is 127 cm³/mol. The van der Waals surface area contributed by atoms with Crippen LogP contribution >= 0.6 is 0 Å². The average Bonchev–Trinajstić information content (AvgIpc) is 3.04. The number of aryl methyl sites for hydroxylation is 1. The van der Waals surface area contributed by atoms with Crippen LogP contribution in [-0.4, -0.2) is 54.1 Å². The summed E-state index contributed by atoms with van der Waals surface area (Å²) < 4.78 is 5.90. The van der Waals surface area contributed by atoms with Crippen molar-refractivity contribution < 1.29 is 9.53 Å². The third kappa shape index (κ3) is 5.66. The number of hydrogen-bond acceptors (Lipinski definition) is 5. The molecule has 1 aliphatic heterocycles. The lowest BCUT2D eigenvalue weighted by atomic mass is 9.93. The number of nitrogens with one attached hydrogen (secondary N) is 1. The number of rotatable bonds is 7. The summed E-state index contributed by atoms with van der Waals surface area (Å²) in [5.41, 5.74) is 3.10. The quantitative estimate of drug-likeness (QED) is 0.667. The molecular weight excluding hydrogens is 400 g/mol. The van der Waals surface area contributed by atoms with Crippen LogP contribution in [0.25, 0.3) is 11.4 Å². The molecule has 172 valence electrons. The van der Waals surface area contributed by atoms with Crippen LogP contribution in [0.4, 0.5) is 0 Å². The molecule has 2 heterocycles. The highest BCUT2D eigenvalue weighted by Crippen LogP contribution is 2.31. The molecule has 1 aromatic carbocycles. The molecule has 6 nitrogen and oxygen atoms in total. The van der Waals surface area contributed by atoms with E-state index in [-0.39, 0.29) is 11.8 Å². The minimum absolute atomic E-state index is 0.0244. The zero-order valence-electron chi connectivity index (χ0n) is 19.5. The van der Waals surface area contributed by atoms with Crippen molar-refractivity contribution in [2.75, 3.05) is 33.3 Å². The minimum Gasteiger partial charge on any atom is -0.478 e. The summed E-state index contributed by atoms with van der Waals surface area (Å²) in [7, 11) is 2.19. The number of amides is 1. The topological polar surface area (TPSA) is 67.3 Å². The van der Waals surface area contributed by atoms with Gasteiger partial charge in [-0.2, -0.15) is 4.98 Å². The highest BCUT2D eigenvalue weighted by atomic mass is 16.5. The van der Waals surface area contributed by atoms with E-state index in [1.54, 1.807) is 0 Å². The van der Waals surface area contributed by atoms with E-state index in [2.05, 4.69) is 17.3 Å². The Morgan fingerprint density at radius 3 is 2.59 bits per heavy atom. The highest BCUT2D eigenvalue weighted by Gasteiger charge is 2.26. The smallest absolute Gasteiger partial charge is 0.223 e. The maximum atomic E-state index is 12.9. The molecule has 1 aromatic heterocycles. The molecule has 1 fully saturated rings. The molecule has 0 saturated carbocycles. The van der Waals surface area contributed by atoms with Crippen LogP contribution in [0.3, 0.4) is 0 Å². The third-order valence-electron chi connectivity index (χ3n) is 6.90. The van der Waals surface area contributed by atoms with Crippen molar-refractivity contribution in [3.05, 3.63) is 41.6 Å². The van der Waals surface area contributed by atoms with E-state index in [4.69, 9.17) is 14.7 Å². The van der Waals surface area contributed by atoms with Gasteiger partial charge in [-0.25, -0.2) is 4.98 Å². The van der Waals surface area contributed by atoms with Crippen molar-refractivity contribution in [3.8, 4) is 17.3 Å². The van der Waals surface area contributed by atoms with Crippen LogP contribution in [0.1, 0.15) is 50.3 Å². The first-order valence-corrected chi connectivity index (χ1v) is 12.2. The van der Waals surface area contributed by atoms with Crippen molar-refractivity contribution in [1.29, 1.82) is 0 Å². The first-order valence-electron chi connectivity index (χ1n) is 12.2. The number of carbonyl (C=O) groups is 1. The van der Waals surface area contributed by atoms with Crippen molar-refractivity contribution in [1.82, 2.24) is 20.2 Å². The number of fused-ring (bicyclic) bond motifs is 1. The number of nitrogens with zero attached hydrogens (tertiary/aromatic N) is 3. The van der Waals surface area contributed by atoms with E-state index in [0.717, 1.165) is 61.4 Å². The fourth-order valence-electron chi connectivity index (χ4n) is 4.87. The number of aromatic nitrogens is 2. The number of likely N-dealkylation sites (tertiary alicyclic amines) is 1. The molecule has 32 heavy (non-hydrogen) atoms. The maximum absolute atomic E-state index is 12.9. The summed E-state index contributed by atoms with van der Waals surface area (Å²) >= 11 is 0. The van der Waals surface area contributed by atoms with E-state index < -0.39 is 0 Å². The standard InChI is InChI=1S/C26H36N4O2/c1-3-32-26-22-11-9-21(25(31)27-16-13-19-14-17-30(2)18-15-19)10-12-23(22)28-24(29-26)20-7-5-4-6-8-20/h4-8,19,21H,3,9-18H2,1-2H3,(H,27,31). The van der Waals surface area contributed by atoms with Gasteiger partial charge in [0.15, 0.2) is 5.82 Å². The molecule has 4 rings (SSSR count). The van der Waals surface area contributed by atoms with Crippen LogP contribution in [0.15, 0.2) is 30.3 Å². The SMILES string of the molecule is CCOc1nc(-c2ccccc2)nc2c1CCC(C(=O)NCCC1CCN(C)CC1)CC2. The number of piperidine rings is 1. The van der Waals surface area contributed by atoms with Crippen molar-refractivity contribution in [2.45, 2.75) is 51.9 Å². The second-order valence-corrected chi connectivity index (χ2v) is 9.18. The van der Waals surface area contributed by atoms with E-state index >= 15 is 0 Å². The van der Waals surface area contributed by atoms with E-state index in [1.807, 2.05) is 37.3 Å². The van der Waals surface area contributed by atoms with Gasteiger partial charge in [-0.3, -0.25) is 4.79 Å². The zero-order valence-corrected chi connectivity index (χ0v) is 19.5. The molecule has 0 radical (unpaired) electrons. The largest absolute Gasteiger partial charge is 0.478 e. The molecule has 1 amide bonds. The Morgan fingerprint density at radius 1 is 1.09 bits per heavy atom. The van der Waals surface area contributed by atoms with Crippen LogP contribution < -0.4 is 10.1 Å². The van der Waals surface area contributed by atoms with Crippen molar-refractivity contribution in [2.24, 2.45) is 11.8 Å². The van der Waals surface area contributed by atoms with Gasteiger partial charge in [0, 0.05) is 23.6 Å². The van der Waals surface area contributed by atoms with Gasteiger partial charge in [-0.15, -0.1) is 0 Å². The molecular formula is C26H36N4O2. The monoisotopic (exact) mass is 436 g/mol. The lowest BCUT2D eigenvalue weighted by Gasteiger charge is -2.29. The number of ether oxygens (including phenoxy) is 1. The Morgan fingerprint density at radius 2 is 1.84 bits per heavy atom. The Hall–Kier alpha value is -2.47.